The van der Waals surface area contributed by atoms with Crippen LogP contribution in [0.25, 0.3) is 0 Å². The number of fused-ring (bicyclic) bond motifs is 2. The van der Waals surface area contributed by atoms with Gasteiger partial charge in [-0.15, -0.1) is 0 Å². The molecule has 2 aliphatic rings. The molecule has 0 spiro atoms. The largest absolute Gasteiger partial charge is 0.366 e. The zero-order valence-corrected chi connectivity index (χ0v) is 25.0. The number of amidine groups is 1. The average molecular weight is 610 g/mol. The first-order valence-electron chi connectivity index (χ1n) is 14.9. The molecule has 3 aromatic carbocycles. The van der Waals surface area contributed by atoms with E-state index in [0.29, 0.717) is 49.0 Å². The van der Waals surface area contributed by atoms with Gasteiger partial charge in [0.05, 0.1) is 18.0 Å². The maximum absolute atomic E-state index is 13.8. The van der Waals surface area contributed by atoms with Crippen LogP contribution in [0.4, 0.5) is 10.1 Å². The molecule has 0 saturated carbocycles. The van der Waals surface area contributed by atoms with E-state index in [9.17, 15) is 29.4 Å². The second-order valence-electron chi connectivity index (χ2n) is 11.7. The number of nitrogens with zero attached hydrogens (tertiary/aromatic N) is 2. The van der Waals surface area contributed by atoms with Crippen LogP contribution < -0.4 is 22.1 Å². The number of aryl methyl sites for hydroxylation is 2. The fraction of sp³-hybridized carbons (Fsp3) is 0.324. The molecule has 7 N–H and O–H groups in total. The van der Waals surface area contributed by atoms with Gasteiger partial charge in [0.2, 0.25) is 17.7 Å². The highest BCUT2D eigenvalue weighted by atomic mass is 19.1. The van der Waals surface area contributed by atoms with Gasteiger partial charge in [0.1, 0.15) is 17.7 Å². The smallest absolute Gasteiger partial charge is 0.248 e. The van der Waals surface area contributed by atoms with Crippen LogP contribution in [-0.2, 0) is 23.1 Å². The summed E-state index contributed by atoms with van der Waals surface area (Å²) < 4.78 is 13.8. The molecule has 3 amide bonds. The van der Waals surface area contributed by atoms with Crippen molar-refractivity contribution in [3.05, 3.63) is 99.9 Å². The van der Waals surface area contributed by atoms with Crippen molar-refractivity contribution in [1.82, 2.24) is 10.2 Å². The molecule has 10 nitrogen and oxygen atoms in total. The Bertz CT molecular complexity index is 1630. The first kappa shape index (κ1) is 31.3. The van der Waals surface area contributed by atoms with Crippen molar-refractivity contribution in [2.45, 2.75) is 56.5 Å². The van der Waals surface area contributed by atoms with Crippen LogP contribution in [0.15, 0.2) is 60.7 Å². The van der Waals surface area contributed by atoms with Gasteiger partial charge in [-0.05, 0) is 110 Å². The lowest BCUT2D eigenvalue weighted by Crippen LogP contribution is -2.48. The lowest BCUT2D eigenvalue weighted by Gasteiger charge is -2.39. The van der Waals surface area contributed by atoms with Gasteiger partial charge in [0.15, 0.2) is 0 Å². The van der Waals surface area contributed by atoms with Gasteiger partial charge in [-0.25, -0.2) is 4.39 Å². The monoisotopic (exact) mass is 609 g/mol. The fourth-order valence-electron chi connectivity index (χ4n) is 6.62. The standard InChI is InChI=1S/C34H36FN7O3/c1-20(40-19-30(43)42-14-2-3-27(42)18-36)17-34(33(39)41-26-10-8-25(35)9-11-26)28-12-6-23(31(37)44)15-21(28)4-5-22-16-24(32(38)45)7-13-29(22)34/h6-13,15-16,20,27,40H,2-5,14,17,19H2,1H3,(H2,37,44)(H2,38,45)(H2,39,41)/t20-,27?/m0/s1. The third kappa shape index (κ3) is 6.28. The molecule has 0 radical (unpaired) electrons. The van der Waals surface area contributed by atoms with Crippen LogP contribution in [0.1, 0.15) is 69.2 Å². The van der Waals surface area contributed by atoms with E-state index in [1.807, 2.05) is 19.1 Å². The lowest BCUT2D eigenvalue weighted by atomic mass is 9.67. The van der Waals surface area contributed by atoms with Gasteiger partial charge in [-0.2, -0.15) is 5.26 Å². The van der Waals surface area contributed by atoms with Crippen molar-refractivity contribution >= 4 is 29.2 Å². The second kappa shape index (κ2) is 12.9. The first-order chi connectivity index (χ1) is 21.5. The van der Waals surface area contributed by atoms with Crippen LogP contribution in [0, 0.1) is 22.6 Å². The normalized spacial score (nSPS) is 17.3. The maximum atomic E-state index is 13.8. The Kier molecular flexibility index (Phi) is 8.97. The highest BCUT2D eigenvalue weighted by Crippen LogP contribution is 2.45. The SMILES string of the molecule is C[C@@H](CC1(C(=N)Nc2ccc(F)cc2)c2ccc(C(N)=O)cc2CCc2cc(C(N)=O)ccc21)NCC(=O)N1CCCC1C#N. The van der Waals surface area contributed by atoms with E-state index in [-0.39, 0.29) is 24.3 Å². The number of likely N-dealkylation sites (tertiary alicyclic amines) is 1. The Morgan fingerprint density at radius 2 is 1.60 bits per heavy atom. The summed E-state index contributed by atoms with van der Waals surface area (Å²) in [6.45, 7) is 2.47. The third-order valence-electron chi connectivity index (χ3n) is 8.84. The highest BCUT2D eigenvalue weighted by Gasteiger charge is 2.45. The molecule has 0 bridgehead atoms. The molecule has 232 valence electrons. The maximum Gasteiger partial charge on any atom is 0.248 e. The molecule has 0 aromatic heterocycles. The minimum atomic E-state index is -1.17. The number of amides is 3. The summed E-state index contributed by atoms with van der Waals surface area (Å²) in [7, 11) is 0. The number of carbonyl (C=O) groups excluding carboxylic acids is 3. The number of nitrogens with two attached hydrogens (primary N) is 2. The van der Waals surface area contributed by atoms with Crippen LogP contribution in [0.3, 0.4) is 0 Å². The number of hydrogen-bond donors (Lipinski definition) is 5. The topological polar surface area (TPSA) is 178 Å². The van der Waals surface area contributed by atoms with Crippen molar-refractivity contribution in [3.63, 3.8) is 0 Å². The molecule has 1 fully saturated rings. The summed E-state index contributed by atoms with van der Waals surface area (Å²) in [4.78, 5) is 39.0. The van der Waals surface area contributed by atoms with E-state index in [1.165, 1.54) is 12.1 Å². The van der Waals surface area contributed by atoms with E-state index in [1.54, 1.807) is 41.3 Å². The molecule has 1 saturated heterocycles. The number of primary amides is 2. The number of nitrogens with one attached hydrogen (secondary N) is 3. The van der Waals surface area contributed by atoms with Crippen LogP contribution in [0.2, 0.25) is 0 Å². The number of halogens is 1. The van der Waals surface area contributed by atoms with Gasteiger partial charge in [-0.1, -0.05) is 12.1 Å². The zero-order chi connectivity index (χ0) is 32.3. The van der Waals surface area contributed by atoms with Crippen LogP contribution in [-0.4, -0.2) is 53.6 Å². The number of hydrogen-bond acceptors (Lipinski definition) is 6. The van der Waals surface area contributed by atoms with Gasteiger partial charge >= 0.3 is 0 Å². The van der Waals surface area contributed by atoms with Crippen molar-refractivity contribution in [2.75, 3.05) is 18.4 Å². The molecular weight excluding hydrogens is 573 g/mol. The summed E-state index contributed by atoms with van der Waals surface area (Å²) in [5.74, 6) is -1.65. The molecule has 1 aliphatic heterocycles. The summed E-state index contributed by atoms with van der Waals surface area (Å²) >= 11 is 0. The predicted molar refractivity (Wildman–Crippen MR) is 168 cm³/mol. The number of anilines is 1. The molecule has 45 heavy (non-hydrogen) atoms. The molecule has 2 atom stereocenters. The Morgan fingerprint density at radius 3 is 2.13 bits per heavy atom. The molecule has 11 heteroatoms. The van der Waals surface area contributed by atoms with E-state index in [4.69, 9.17) is 11.5 Å². The van der Waals surface area contributed by atoms with Crippen molar-refractivity contribution < 1.29 is 18.8 Å². The summed E-state index contributed by atoms with van der Waals surface area (Å²) in [5.41, 5.74) is 14.4. The number of rotatable bonds is 9. The summed E-state index contributed by atoms with van der Waals surface area (Å²) in [6, 6.07) is 17.5. The van der Waals surface area contributed by atoms with Crippen LogP contribution in [0.5, 0.6) is 0 Å². The van der Waals surface area contributed by atoms with Gasteiger partial charge in [0.25, 0.3) is 0 Å². The Hall–Kier alpha value is -5.08. The van der Waals surface area contributed by atoms with Crippen molar-refractivity contribution in [2.24, 2.45) is 11.5 Å². The Morgan fingerprint density at radius 1 is 1.02 bits per heavy atom. The fourth-order valence-corrected chi connectivity index (χ4v) is 6.62. The van der Waals surface area contributed by atoms with Crippen LogP contribution >= 0.6 is 0 Å². The quantitative estimate of drug-likeness (QED) is 0.183. The third-order valence-corrected chi connectivity index (χ3v) is 8.84. The number of nitriles is 1. The number of carbonyl (C=O) groups is 3. The Balaban J connectivity index is 1.61. The van der Waals surface area contributed by atoms with Gasteiger partial charge < -0.3 is 27.0 Å². The highest BCUT2D eigenvalue weighted by molar-refractivity contribution is 6.05. The number of benzene rings is 3. The van der Waals surface area contributed by atoms with Gasteiger partial charge in [-0.3, -0.25) is 19.8 Å². The molecule has 3 aromatic rings. The molecule has 1 aliphatic carbocycles. The Labute approximate surface area is 261 Å². The predicted octanol–water partition coefficient (Wildman–Crippen LogP) is 3.38. The molecule has 5 rings (SSSR count). The summed E-state index contributed by atoms with van der Waals surface area (Å²) in [6.07, 6.45) is 2.73. The molecule has 1 unspecified atom stereocenters. The van der Waals surface area contributed by atoms with E-state index in [2.05, 4.69) is 16.7 Å². The average Bonchev–Trinajstić information content (AvgIpc) is 3.46. The van der Waals surface area contributed by atoms with Crippen molar-refractivity contribution in [1.29, 1.82) is 10.7 Å². The second-order valence-corrected chi connectivity index (χ2v) is 11.7. The minimum absolute atomic E-state index is 0.00902. The molecule has 1 heterocycles. The molecular formula is C34H36FN7O3. The zero-order valence-electron chi connectivity index (χ0n) is 25.0. The van der Waals surface area contributed by atoms with E-state index >= 15 is 0 Å². The minimum Gasteiger partial charge on any atom is -0.366 e. The van der Waals surface area contributed by atoms with Crippen molar-refractivity contribution in [3.8, 4) is 6.07 Å². The summed E-state index contributed by atoms with van der Waals surface area (Å²) in [5, 5.41) is 25.6. The van der Waals surface area contributed by atoms with E-state index < -0.39 is 29.1 Å². The van der Waals surface area contributed by atoms with Gasteiger partial charge in [0, 0.05) is 29.4 Å². The lowest BCUT2D eigenvalue weighted by molar-refractivity contribution is -0.130. The first-order valence-corrected chi connectivity index (χ1v) is 14.9. The van der Waals surface area contributed by atoms with E-state index in [0.717, 1.165) is 28.7 Å².